The maximum Gasteiger partial charge on any atom is 0.260 e. The van der Waals surface area contributed by atoms with Crippen molar-refractivity contribution in [2.45, 2.75) is 13.0 Å². The third-order valence-corrected chi connectivity index (χ3v) is 3.84. The molecule has 0 radical (unpaired) electrons. The molecule has 1 atom stereocenters. The first-order valence-corrected chi connectivity index (χ1v) is 7.63. The van der Waals surface area contributed by atoms with Crippen LogP contribution < -0.4 is 9.64 Å². The second-order valence-corrected chi connectivity index (χ2v) is 5.54. The highest BCUT2D eigenvalue weighted by atomic mass is 16.5. The van der Waals surface area contributed by atoms with E-state index in [0.717, 1.165) is 0 Å². The highest BCUT2D eigenvalue weighted by molar-refractivity contribution is 6.09. The molecular weight excluding hydrogens is 306 g/mol. The summed E-state index contributed by atoms with van der Waals surface area (Å²) in [5.41, 5.74) is 1.91. The Morgan fingerprint density at radius 3 is 2.83 bits per heavy atom. The van der Waals surface area contributed by atoms with Gasteiger partial charge in [-0.1, -0.05) is 17.3 Å². The lowest BCUT2D eigenvalue weighted by Crippen LogP contribution is -2.42. The summed E-state index contributed by atoms with van der Waals surface area (Å²) in [7, 11) is 0. The van der Waals surface area contributed by atoms with Crippen LogP contribution in [0.25, 0.3) is 5.69 Å². The number of amides is 1. The molecule has 4 rings (SSSR count). The van der Waals surface area contributed by atoms with Crippen LogP contribution in [0.15, 0.2) is 55.0 Å². The number of ether oxygens (including phenoxy) is 1. The Morgan fingerprint density at radius 1 is 1.17 bits per heavy atom. The predicted molar refractivity (Wildman–Crippen MR) is 87.4 cm³/mol. The lowest BCUT2D eigenvalue weighted by molar-refractivity contribution is 0.0958. The largest absolute Gasteiger partial charge is 0.471 e. The molecule has 7 heteroatoms. The number of carbonyl (C=O) groups is 1. The molecule has 3 heterocycles. The van der Waals surface area contributed by atoms with Gasteiger partial charge >= 0.3 is 0 Å². The third kappa shape index (κ3) is 2.40. The molecule has 0 bridgehead atoms. The molecule has 0 fully saturated rings. The Morgan fingerprint density at radius 2 is 2.00 bits per heavy atom. The van der Waals surface area contributed by atoms with Crippen molar-refractivity contribution in [3.8, 4) is 11.6 Å². The number of rotatable bonds is 2. The molecule has 1 aliphatic heterocycles. The normalized spacial score (nSPS) is 16.4. The fourth-order valence-electron chi connectivity index (χ4n) is 2.79. The molecule has 1 amide bonds. The standard InChI is InChI=1S/C17H15N5O2/c1-12-11-21(15-7-4-8-18-16(15)24-12)17(23)13-5-2-3-6-14(13)22-10-9-19-20-22/h2-10,12H,11H2,1H3/t12-/m1/s1. The van der Waals surface area contributed by atoms with E-state index < -0.39 is 0 Å². The van der Waals surface area contributed by atoms with Gasteiger partial charge in [0.1, 0.15) is 11.8 Å². The fourth-order valence-corrected chi connectivity index (χ4v) is 2.79. The molecule has 0 spiro atoms. The molecule has 24 heavy (non-hydrogen) atoms. The maximum atomic E-state index is 13.2. The van der Waals surface area contributed by atoms with Crippen molar-refractivity contribution >= 4 is 11.6 Å². The smallest absolute Gasteiger partial charge is 0.260 e. The summed E-state index contributed by atoms with van der Waals surface area (Å²) in [4.78, 5) is 19.1. The second kappa shape index (κ2) is 5.77. The molecule has 0 unspecified atom stereocenters. The Labute approximate surface area is 138 Å². The first-order valence-electron chi connectivity index (χ1n) is 7.63. The van der Waals surface area contributed by atoms with Gasteiger partial charge in [0.15, 0.2) is 0 Å². The summed E-state index contributed by atoms with van der Waals surface area (Å²) in [5, 5.41) is 7.81. The van der Waals surface area contributed by atoms with Crippen LogP contribution in [0.3, 0.4) is 0 Å². The van der Waals surface area contributed by atoms with Crippen LogP contribution in [0.1, 0.15) is 17.3 Å². The van der Waals surface area contributed by atoms with Crippen LogP contribution in [0.5, 0.6) is 5.88 Å². The van der Waals surface area contributed by atoms with Gasteiger partial charge in [-0.05, 0) is 31.2 Å². The first-order chi connectivity index (χ1) is 11.7. The summed E-state index contributed by atoms with van der Waals surface area (Å²) < 4.78 is 7.30. The molecule has 1 aliphatic rings. The SMILES string of the molecule is C[C@@H]1CN(C(=O)c2ccccc2-n2ccnn2)c2cccnc2O1. The molecule has 7 nitrogen and oxygen atoms in total. The van der Waals surface area contributed by atoms with Gasteiger partial charge in [-0.2, -0.15) is 0 Å². The summed E-state index contributed by atoms with van der Waals surface area (Å²) in [6, 6.07) is 11.0. The molecule has 3 aromatic rings. The van der Waals surface area contributed by atoms with Crippen LogP contribution in [0.2, 0.25) is 0 Å². The van der Waals surface area contributed by atoms with Gasteiger partial charge in [-0.15, -0.1) is 5.10 Å². The number of hydrogen-bond acceptors (Lipinski definition) is 5. The third-order valence-electron chi connectivity index (χ3n) is 3.84. The number of anilines is 1. The fraction of sp³-hybridized carbons (Fsp3) is 0.176. The zero-order chi connectivity index (χ0) is 16.5. The molecular formula is C17H15N5O2. The number of para-hydroxylation sites is 1. The van der Waals surface area contributed by atoms with Crippen molar-refractivity contribution in [2.24, 2.45) is 0 Å². The molecule has 1 aromatic carbocycles. The van der Waals surface area contributed by atoms with Crippen molar-refractivity contribution in [3.63, 3.8) is 0 Å². The lowest BCUT2D eigenvalue weighted by atomic mass is 10.1. The highest BCUT2D eigenvalue weighted by Crippen LogP contribution is 2.32. The zero-order valence-electron chi connectivity index (χ0n) is 13.0. The van der Waals surface area contributed by atoms with Gasteiger partial charge in [0, 0.05) is 6.20 Å². The van der Waals surface area contributed by atoms with E-state index in [1.165, 1.54) is 0 Å². The van der Waals surface area contributed by atoms with Gasteiger partial charge in [-0.3, -0.25) is 9.69 Å². The van der Waals surface area contributed by atoms with Crippen molar-refractivity contribution in [2.75, 3.05) is 11.4 Å². The van der Waals surface area contributed by atoms with E-state index in [-0.39, 0.29) is 12.0 Å². The van der Waals surface area contributed by atoms with Crippen LogP contribution >= 0.6 is 0 Å². The van der Waals surface area contributed by atoms with Gasteiger partial charge in [0.25, 0.3) is 5.91 Å². The number of fused-ring (bicyclic) bond motifs is 1. The van der Waals surface area contributed by atoms with Gasteiger partial charge in [0.05, 0.1) is 30.2 Å². The van der Waals surface area contributed by atoms with Gasteiger partial charge in [0.2, 0.25) is 5.88 Å². The molecule has 120 valence electrons. The molecule has 0 aliphatic carbocycles. The van der Waals surface area contributed by atoms with Crippen LogP contribution in [0.4, 0.5) is 5.69 Å². The van der Waals surface area contributed by atoms with Crippen LogP contribution in [-0.2, 0) is 0 Å². The molecule has 2 aromatic heterocycles. The molecule has 0 N–H and O–H groups in total. The Hall–Kier alpha value is -3.22. The number of nitrogens with zero attached hydrogens (tertiary/aromatic N) is 5. The number of carbonyl (C=O) groups excluding carboxylic acids is 1. The summed E-state index contributed by atoms with van der Waals surface area (Å²) in [6.45, 7) is 2.38. The first kappa shape index (κ1) is 14.4. The minimum Gasteiger partial charge on any atom is -0.471 e. The predicted octanol–water partition coefficient (Wildman–Crippen LogP) is 2.09. The van der Waals surface area contributed by atoms with Crippen molar-refractivity contribution in [1.29, 1.82) is 0 Å². The molecule has 0 saturated heterocycles. The van der Waals surface area contributed by atoms with Crippen LogP contribution in [-0.4, -0.2) is 38.5 Å². The lowest BCUT2D eigenvalue weighted by Gasteiger charge is -2.32. The monoisotopic (exact) mass is 321 g/mol. The number of hydrogen-bond donors (Lipinski definition) is 0. The second-order valence-electron chi connectivity index (χ2n) is 5.54. The number of aromatic nitrogens is 4. The topological polar surface area (TPSA) is 73.1 Å². The summed E-state index contributed by atoms with van der Waals surface area (Å²) in [5.74, 6) is 0.355. The van der Waals surface area contributed by atoms with Crippen molar-refractivity contribution in [1.82, 2.24) is 20.0 Å². The van der Waals surface area contributed by atoms with E-state index in [2.05, 4.69) is 15.3 Å². The van der Waals surface area contributed by atoms with E-state index >= 15 is 0 Å². The summed E-state index contributed by atoms with van der Waals surface area (Å²) >= 11 is 0. The summed E-state index contributed by atoms with van der Waals surface area (Å²) in [6.07, 6.45) is 4.82. The van der Waals surface area contributed by atoms with E-state index in [9.17, 15) is 4.79 Å². The van der Waals surface area contributed by atoms with E-state index in [0.29, 0.717) is 29.4 Å². The van der Waals surface area contributed by atoms with Gasteiger partial charge < -0.3 is 4.74 Å². The highest BCUT2D eigenvalue weighted by Gasteiger charge is 2.30. The quantitative estimate of drug-likeness (QED) is 0.722. The number of benzene rings is 1. The minimum atomic E-state index is -0.130. The van der Waals surface area contributed by atoms with E-state index in [1.54, 1.807) is 40.3 Å². The zero-order valence-corrected chi connectivity index (χ0v) is 13.0. The van der Waals surface area contributed by atoms with E-state index in [4.69, 9.17) is 4.74 Å². The Kier molecular flexibility index (Phi) is 3.45. The van der Waals surface area contributed by atoms with E-state index in [1.807, 2.05) is 31.2 Å². The average molecular weight is 321 g/mol. The minimum absolute atomic E-state index is 0.120. The Bertz CT molecular complexity index is 878. The van der Waals surface area contributed by atoms with Crippen molar-refractivity contribution < 1.29 is 9.53 Å². The van der Waals surface area contributed by atoms with Gasteiger partial charge in [-0.25, -0.2) is 9.67 Å². The van der Waals surface area contributed by atoms with Crippen molar-refractivity contribution in [3.05, 3.63) is 60.6 Å². The Balaban J connectivity index is 1.78. The average Bonchev–Trinajstić information content (AvgIpc) is 3.15. The number of pyridine rings is 1. The van der Waals surface area contributed by atoms with Crippen LogP contribution in [0, 0.1) is 0 Å². The molecule has 0 saturated carbocycles. The maximum absolute atomic E-state index is 13.2.